The van der Waals surface area contributed by atoms with Crippen molar-refractivity contribution in [2.24, 2.45) is 0 Å². The first kappa shape index (κ1) is 21.9. The molecule has 1 amide bonds. The maximum atomic E-state index is 12.1. The molecular formula is C19H24N4O6. The van der Waals surface area contributed by atoms with Crippen molar-refractivity contribution in [3.8, 4) is 17.2 Å². The molecule has 2 aromatic rings. The molecule has 1 aromatic heterocycles. The summed E-state index contributed by atoms with van der Waals surface area (Å²) in [5, 5.41) is 2.49. The highest BCUT2D eigenvalue weighted by molar-refractivity contribution is 5.90. The molecule has 0 radical (unpaired) electrons. The molecule has 1 N–H and O–H groups in total. The standard InChI is InChI=1S/C19H24N4O6/c1-23(8-13-15(27-3)6-12(26-2)7-16(13)28-4)9-14-17(19(25)29-5)20-10-21-18(14)22-11-24/h6-7,10-11H,8-9H2,1-5H3,(H,20,21,22,24). The van der Waals surface area contributed by atoms with Crippen LogP contribution in [0.3, 0.4) is 0 Å². The van der Waals surface area contributed by atoms with E-state index in [1.54, 1.807) is 33.5 Å². The molecule has 10 heteroatoms. The fourth-order valence-electron chi connectivity index (χ4n) is 2.84. The Labute approximate surface area is 168 Å². The molecule has 0 aliphatic heterocycles. The number of hydrogen-bond donors (Lipinski definition) is 1. The van der Waals surface area contributed by atoms with E-state index in [9.17, 15) is 9.59 Å². The number of amides is 1. The summed E-state index contributed by atoms with van der Waals surface area (Å²) in [6, 6.07) is 3.52. The van der Waals surface area contributed by atoms with Crippen molar-refractivity contribution in [3.05, 3.63) is 35.3 Å². The number of rotatable bonds is 10. The molecule has 0 saturated carbocycles. The highest BCUT2D eigenvalue weighted by Crippen LogP contribution is 2.35. The van der Waals surface area contributed by atoms with E-state index in [0.717, 1.165) is 5.56 Å². The van der Waals surface area contributed by atoms with Crippen LogP contribution in [0.2, 0.25) is 0 Å². The van der Waals surface area contributed by atoms with Crippen LogP contribution in [0.1, 0.15) is 21.6 Å². The van der Waals surface area contributed by atoms with Gasteiger partial charge in [-0.3, -0.25) is 9.69 Å². The zero-order chi connectivity index (χ0) is 21.4. The van der Waals surface area contributed by atoms with Crippen LogP contribution in [-0.2, 0) is 22.6 Å². The van der Waals surface area contributed by atoms with E-state index >= 15 is 0 Å². The van der Waals surface area contributed by atoms with Crippen molar-refractivity contribution >= 4 is 18.2 Å². The van der Waals surface area contributed by atoms with Crippen LogP contribution in [0.15, 0.2) is 18.5 Å². The van der Waals surface area contributed by atoms with Gasteiger partial charge in [0.1, 0.15) is 29.4 Å². The molecule has 0 spiro atoms. The molecule has 0 atom stereocenters. The van der Waals surface area contributed by atoms with E-state index in [1.807, 2.05) is 11.9 Å². The lowest BCUT2D eigenvalue weighted by molar-refractivity contribution is -0.105. The van der Waals surface area contributed by atoms with E-state index in [-0.39, 0.29) is 18.1 Å². The first-order chi connectivity index (χ1) is 14.0. The topological polar surface area (TPSA) is 112 Å². The number of aromatic nitrogens is 2. The Morgan fingerprint density at radius 2 is 1.66 bits per heavy atom. The lowest BCUT2D eigenvalue weighted by Crippen LogP contribution is -2.22. The third-order valence-corrected chi connectivity index (χ3v) is 4.19. The second kappa shape index (κ2) is 10.2. The summed E-state index contributed by atoms with van der Waals surface area (Å²) in [6.07, 6.45) is 1.68. The maximum Gasteiger partial charge on any atom is 0.357 e. The van der Waals surface area contributed by atoms with Crippen LogP contribution in [0.5, 0.6) is 17.2 Å². The Bertz CT molecular complexity index is 849. The van der Waals surface area contributed by atoms with E-state index in [2.05, 4.69) is 15.3 Å². The van der Waals surface area contributed by atoms with Gasteiger partial charge in [0.2, 0.25) is 6.41 Å². The van der Waals surface area contributed by atoms with E-state index in [0.29, 0.717) is 35.8 Å². The van der Waals surface area contributed by atoms with Gasteiger partial charge in [0.25, 0.3) is 0 Å². The molecule has 29 heavy (non-hydrogen) atoms. The minimum absolute atomic E-state index is 0.0763. The SMILES string of the molecule is COC(=O)c1ncnc(NC=O)c1CN(C)Cc1c(OC)cc(OC)cc1OC. The molecule has 156 valence electrons. The predicted octanol–water partition coefficient (Wildman–Crippen LogP) is 1.49. The monoisotopic (exact) mass is 404 g/mol. The first-order valence-electron chi connectivity index (χ1n) is 8.58. The largest absolute Gasteiger partial charge is 0.496 e. The van der Waals surface area contributed by atoms with Crippen LogP contribution < -0.4 is 19.5 Å². The van der Waals surface area contributed by atoms with Crippen molar-refractivity contribution < 1.29 is 28.5 Å². The number of methoxy groups -OCH3 is 4. The molecule has 0 aliphatic rings. The predicted molar refractivity (Wildman–Crippen MR) is 104 cm³/mol. The van der Waals surface area contributed by atoms with Gasteiger partial charge in [0, 0.05) is 30.8 Å². The Hall–Kier alpha value is -3.40. The maximum absolute atomic E-state index is 12.1. The average molecular weight is 404 g/mol. The number of esters is 1. The Morgan fingerprint density at radius 1 is 1.03 bits per heavy atom. The van der Waals surface area contributed by atoms with E-state index in [4.69, 9.17) is 18.9 Å². The van der Waals surface area contributed by atoms with Crippen LogP contribution in [0.25, 0.3) is 0 Å². The zero-order valence-electron chi connectivity index (χ0n) is 17.0. The van der Waals surface area contributed by atoms with Crippen molar-refractivity contribution in [2.45, 2.75) is 13.1 Å². The highest BCUT2D eigenvalue weighted by atomic mass is 16.5. The van der Waals surface area contributed by atoms with E-state index < -0.39 is 5.97 Å². The summed E-state index contributed by atoms with van der Waals surface area (Å²) in [7, 11) is 7.78. The normalized spacial score (nSPS) is 10.4. The van der Waals surface area contributed by atoms with Gasteiger partial charge in [0.15, 0.2) is 5.69 Å². The average Bonchev–Trinajstić information content (AvgIpc) is 2.74. The molecule has 0 unspecified atom stereocenters. The third kappa shape index (κ3) is 5.11. The van der Waals surface area contributed by atoms with Crippen LogP contribution >= 0.6 is 0 Å². The minimum atomic E-state index is -0.621. The fourth-order valence-corrected chi connectivity index (χ4v) is 2.84. The first-order valence-corrected chi connectivity index (χ1v) is 8.58. The molecule has 2 rings (SSSR count). The second-order valence-corrected chi connectivity index (χ2v) is 5.99. The van der Waals surface area contributed by atoms with Gasteiger partial charge in [-0.2, -0.15) is 0 Å². The Kier molecular flexibility index (Phi) is 7.72. The lowest BCUT2D eigenvalue weighted by atomic mass is 10.1. The summed E-state index contributed by atoms with van der Waals surface area (Å²) in [6.45, 7) is 0.659. The molecule has 1 heterocycles. The molecule has 0 saturated heterocycles. The number of carbonyl (C=O) groups is 2. The van der Waals surface area contributed by atoms with Crippen molar-refractivity contribution in [1.82, 2.24) is 14.9 Å². The number of hydrogen-bond acceptors (Lipinski definition) is 9. The number of carbonyl (C=O) groups excluding carboxylic acids is 2. The third-order valence-electron chi connectivity index (χ3n) is 4.19. The molecule has 0 fully saturated rings. The van der Waals surface area contributed by atoms with Crippen molar-refractivity contribution in [2.75, 3.05) is 40.8 Å². The van der Waals surface area contributed by atoms with Crippen LogP contribution in [-0.4, -0.2) is 62.7 Å². The van der Waals surface area contributed by atoms with Gasteiger partial charge in [-0.15, -0.1) is 0 Å². The molecular weight excluding hydrogens is 380 g/mol. The van der Waals surface area contributed by atoms with Gasteiger partial charge >= 0.3 is 5.97 Å². The second-order valence-electron chi connectivity index (χ2n) is 5.99. The van der Waals surface area contributed by atoms with Gasteiger partial charge < -0.3 is 24.3 Å². The molecule has 10 nitrogen and oxygen atoms in total. The highest BCUT2D eigenvalue weighted by Gasteiger charge is 2.21. The summed E-state index contributed by atoms with van der Waals surface area (Å²) in [5.74, 6) is 1.40. The summed E-state index contributed by atoms with van der Waals surface area (Å²) in [4.78, 5) is 33.0. The van der Waals surface area contributed by atoms with E-state index in [1.165, 1.54) is 13.4 Å². The van der Waals surface area contributed by atoms with Crippen molar-refractivity contribution in [1.29, 1.82) is 0 Å². The number of benzene rings is 1. The Morgan fingerprint density at radius 3 is 2.17 bits per heavy atom. The fraction of sp³-hybridized carbons (Fsp3) is 0.368. The Balaban J connectivity index is 2.38. The van der Waals surface area contributed by atoms with Gasteiger partial charge in [-0.1, -0.05) is 0 Å². The van der Waals surface area contributed by atoms with Crippen LogP contribution in [0, 0.1) is 0 Å². The lowest BCUT2D eigenvalue weighted by Gasteiger charge is -2.22. The molecule has 0 bridgehead atoms. The summed E-state index contributed by atoms with van der Waals surface area (Å²) in [5.41, 5.74) is 1.30. The van der Waals surface area contributed by atoms with Gasteiger partial charge in [-0.05, 0) is 7.05 Å². The summed E-state index contributed by atoms with van der Waals surface area (Å²) < 4.78 is 21.0. The zero-order valence-corrected chi connectivity index (χ0v) is 17.0. The number of nitrogens with one attached hydrogen (secondary N) is 1. The van der Waals surface area contributed by atoms with Crippen molar-refractivity contribution in [3.63, 3.8) is 0 Å². The van der Waals surface area contributed by atoms with Gasteiger partial charge in [0.05, 0.1) is 34.0 Å². The minimum Gasteiger partial charge on any atom is -0.496 e. The number of anilines is 1. The number of nitrogens with zero attached hydrogens (tertiary/aromatic N) is 3. The van der Waals surface area contributed by atoms with Crippen LogP contribution in [0.4, 0.5) is 5.82 Å². The van der Waals surface area contributed by atoms with Gasteiger partial charge in [-0.25, -0.2) is 14.8 Å². The number of ether oxygens (including phenoxy) is 4. The quantitative estimate of drug-likeness (QED) is 0.465. The summed E-state index contributed by atoms with van der Waals surface area (Å²) >= 11 is 0. The molecule has 0 aliphatic carbocycles. The molecule has 1 aromatic carbocycles. The smallest absolute Gasteiger partial charge is 0.357 e.